The van der Waals surface area contributed by atoms with Crippen LogP contribution >= 0.6 is 0 Å². The van der Waals surface area contributed by atoms with Gasteiger partial charge in [-0.2, -0.15) is 0 Å². The van der Waals surface area contributed by atoms with E-state index in [0.29, 0.717) is 0 Å². The molecule has 1 aliphatic rings. The Morgan fingerprint density at radius 2 is 0.860 bits per heavy atom. The van der Waals surface area contributed by atoms with E-state index in [9.17, 15) is 0 Å². The summed E-state index contributed by atoms with van der Waals surface area (Å²) in [6.45, 7) is 0. The minimum absolute atomic E-state index is 0.0579. The lowest BCUT2D eigenvalue weighted by Gasteiger charge is -2.39. The molecule has 2 atom stereocenters. The predicted molar refractivity (Wildman–Crippen MR) is 233 cm³/mol. The summed E-state index contributed by atoms with van der Waals surface area (Å²) < 4.78 is 11.4. The van der Waals surface area contributed by atoms with E-state index in [1.54, 1.807) is 0 Å². The number of hydrogen-bond acceptors (Lipinski definition) is 4. The zero-order valence-electron chi connectivity index (χ0n) is 30.9. The summed E-state index contributed by atoms with van der Waals surface area (Å²) in [6, 6.07) is 67.3. The van der Waals surface area contributed by atoms with Gasteiger partial charge < -0.3 is 13.6 Å². The van der Waals surface area contributed by atoms with E-state index in [4.69, 9.17) is 4.42 Å². The van der Waals surface area contributed by atoms with Crippen LogP contribution in [0.4, 0.5) is 0 Å². The van der Waals surface area contributed by atoms with E-state index in [1.807, 2.05) is 6.07 Å². The molecule has 0 radical (unpaired) electrons. The molecule has 4 heterocycles. The molecule has 0 amide bonds. The number of benzene rings is 8. The quantitative estimate of drug-likeness (QED) is 0.165. The average Bonchev–Trinajstić information content (AvgIpc) is 3.93. The van der Waals surface area contributed by atoms with Crippen molar-refractivity contribution in [1.29, 1.82) is 0 Å². The van der Waals surface area contributed by atoms with Gasteiger partial charge in [0.1, 0.15) is 11.2 Å². The third-order valence-electron chi connectivity index (χ3n) is 11.8. The van der Waals surface area contributed by atoms with Crippen molar-refractivity contribution in [1.82, 2.24) is 25.1 Å². The third-order valence-corrected chi connectivity index (χ3v) is 11.8. The Kier molecular flexibility index (Phi) is 7.25. The van der Waals surface area contributed by atoms with Gasteiger partial charge in [-0.05, 0) is 77.4 Å². The first-order valence-electron chi connectivity index (χ1n) is 19.6. The minimum atomic E-state index is -0.130. The zero-order valence-corrected chi connectivity index (χ0v) is 30.9. The Morgan fingerprint density at radius 1 is 0.333 bits per heavy atom. The summed E-state index contributed by atoms with van der Waals surface area (Å²) in [6.07, 6.45) is -0.246. The Hall–Kier alpha value is -6.96. The average molecular weight is 736 g/mol. The molecule has 0 bridgehead atoms. The van der Waals surface area contributed by atoms with E-state index in [0.717, 1.165) is 55.3 Å². The van der Waals surface area contributed by atoms with Crippen molar-refractivity contribution in [3.63, 3.8) is 0 Å². The molecule has 2 unspecified atom stereocenters. The number of rotatable bonds is 5. The van der Waals surface area contributed by atoms with Crippen molar-refractivity contribution < 1.29 is 4.42 Å². The van der Waals surface area contributed by atoms with E-state index >= 15 is 0 Å². The highest BCUT2D eigenvalue weighted by atomic mass is 16.3. The second-order valence-corrected chi connectivity index (χ2v) is 15.1. The highest BCUT2D eigenvalue weighted by Gasteiger charge is 2.30. The summed E-state index contributed by atoms with van der Waals surface area (Å²) in [7, 11) is 0. The standard InChI is InChI=1S/C51H37N5O/c1-4-15-32(16-5-1)49-52-50(33-17-6-2-7-18-33)54-51(53-49)34-19-14-22-36(29-34)56-43-28-27-42-47(38-24-10-12-25-41(38)55(42)35-20-8-3-9-21-35)48(43)40-31-46-39(30-44(40)56)37-23-11-13-26-45(37)57-46/h1-31,49-54H. The van der Waals surface area contributed by atoms with Crippen LogP contribution in [0, 0.1) is 0 Å². The normalized spacial score (nSPS) is 17.4. The van der Waals surface area contributed by atoms with Crippen LogP contribution in [0.15, 0.2) is 192 Å². The van der Waals surface area contributed by atoms with Crippen LogP contribution in [-0.2, 0) is 0 Å². The molecular formula is C51H37N5O. The van der Waals surface area contributed by atoms with Gasteiger partial charge in [0.25, 0.3) is 0 Å². The molecule has 12 rings (SSSR count). The fourth-order valence-corrected chi connectivity index (χ4v) is 9.27. The Morgan fingerprint density at radius 3 is 1.56 bits per heavy atom. The smallest absolute Gasteiger partial charge is 0.136 e. The Balaban J connectivity index is 1.11. The molecule has 57 heavy (non-hydrogen) atoms. The summed E-state index contributed by atoms with van der Waals surface area (Å²) in [5, 5.41) is 18.7. The molecule has 1 fully saturated rings. The monoisotopic (exact) mass is 735 g/mol. The molecule has 1 aliphatic heterocycles. The maximum absolute atomic E-state index is 6.55. The van der Waals surface area contributed by atoms with Crippen LogP contribution in [-0.4, -0.2) is 9.13 Å². The molecule has 272 valence electrons. The minimum Gasteiger partial charge on any atom is -0.456 e. The number of nitrogens with one attached hydrogen (secondary N) is 3. The number of furan rings is 1. The van der Waals surface area contributed by atoms with E-state index in [1.165, 1.54) is 38.3 Å². The number of fused-ring (bicyclic) bond motifs is 10. The van der Waals surface area contributed by atoms with Gasteiger partial charge in [0.2, 0.25) is 0 Å². The van der Waals surface area contributed by atoms with Gasteiger partial charge in [0.15, 0.2) is 0 Å². The van der Waals surface area contributed by atoms with Gasteiger partial charge in [0, 0.05) is 43.7 Å². The third kappa shape index (κ3) is 5.09. The van der Waals surface area contributed by atoms with E-state index in [2.05, 4.69) is 207 Å². The Labute approximate surface area is 328 Å². The van der Waals surface area contributed by atoms with Crippen molar-refractivity contribution in [2.24, 2.45) is 0 Å². The van der Waals surface area contributed by atoms with Gasteiger partial charge in [-0.25, -0.2) is 0 Å². The highest BCUT2D eigenvalue weighted by molar-refractivity contribution is 6.30. The molecular weight excluding hydrogens is 699 g/mol. The van der Waals surface area contributed by atoms with Crippen LogP contribution in [0.3, 0.4) is 0 Å². The summed E-state index contributed by atoms with van der Waals surface area (Å²) >= 11 is 0. The number of nitrogens with zero attached hydrogens (tertiary/aromatic N) is 2. The van der Waals surface area contributed by atoms with Crippen LogP contribution in [0.1, 0.15) is 35.2 Å². The number of para-hydroxylation sites is 3. The lowest BCUT2D eigenvalue weighted by Crippen LogP contribution is -2.54. The molecule has 1 saturated heterocycles. The molecule has 8 aromatic carbocycles. The maximum Gasteiger partial charge on any atom is 0.136 e. The molecule has 6 nitrogen and oxygen atoms in total. The van der Waals surface area contributed by atoms with Gasteiger partial charge in [-0.3, -0.25) is 16.0 Å². The number of hydrogen-bond donors (Lipinski definition) is 3. The fraction of sp³-hybridized carbons (Fsp3) is 0.0588. The molecule has 0 spiro atoms. The fourth-order valence-electron chi connectivity index (χ4n) is 9.27. The SMILES string of the molecule is c1ccc(C2NC(c3ccccc3)NC(c3cccc(-n4c5cc6c(cc5c5c7c8ccccc8n(-c8ccccc8)c7ccc54)oc4ccccc46)c3)N2)cc1. The lowest BCUT2D eigenvalue weighted by molar-refractivity contribution is 0.203. The van der Waals surface area contributed by atoms with Crippen molar-refractivity contribution >= 4 is 65.6 Å². The summed E-state index contributed by atoms with van der Waals surface area (Å²) in [5.41, 5.74) is 12.2. The zero-order chi connectivity index (χ0) is 37.5. The summed E-state index contributed by atoms with van der Waals surface area (Å²) in [5.74, 6) is 0. The van der Waals surface area contributed by atoms with Crippen LogP contribution in [0.2, 0.25) is 0 Å². The molecule has 11 aromatic rings. The van der Waals surface area contributed by atoms with Gasteiger partial charge in [-0.15, -0.1) is 0 Å². The van der Waals surface area contributed by atoms with Crippen LogP contribution < -0.4 is 16.0 Å². The van der Waals surface area contributed by atoms with Crippen molar-refractivity contribution in [3.8, 4) is 11.4 Å². The first-order valence-corrected chi connectivity index (χ1v) is 19.6. The van der Waals surface area contributed by atoms with E-state index < -0.39 is 0 Å². The van der Waals surface area contributed by atoms with Gasteiger partial charge >= 0.3 is 0 Å². The Bertz CT molecular complexity index is 3240. The molecule has 6 heteroatoms. The lowest BCUT2D eigenvalue weighted by atomic mass is 10.0. The van der Waals surface area contributed by atoms with Crippen molar-refractivity contribution in [2.45, 2.75) is 18.5 Å². The van der Waals surface area contributed by atoms with Crippen LogP contribution in [0.25, 0.3) is 76.9 Å². The maximum atomic E-state index is 6.55. The largest absolute Gasteiger partial charge is 0.456 e. The predicted octanol–water partition coefficient (Wildman–Crippen LogP) is 12.0. The first-order chi connectivity index (χ1) is 28.3. The molecule has 0 aliphatic carbocycles. The molecule has 3 aromatic heterocycles. The van der Waals surface area contributed by atoms with Gasteiger partial charge in [0.05, 0.1) is 40.6 Å². The van der Waals surface area contributed by atoms with Gasteiger partial charge in [-0.1, -0.05) is 127 Å². The molecule has 0 saturated carbocycles. The number of aromatic nitrogens is 2. The summed E-state index contributed by atoms with van der Waals surface area (Å²) in [4.78, 5) is 0. The highest BCUT2D eigenvalue weighted by Crippen LogP contribution is 2.44. The molecule has 3 N–H and O–H groups in total. The second-order valence-electron chi connectivity index (χ2n) is 15.1. The van der Waals surface area contributed by atoms with Crippen LogP contribution in [0.5, 0.6) is 0 Å². The topological polar surface area (TPSA) is 59.1 Å². The first kappa shape index (κ1) is 32.3. The van der Waals surface area contributed by atoms with Crippen molar-refractivity contribution in [3.05, 3.63) is 205 Å². The van der Waals surface area contributed by atoms with E-state index in [-0.39, 0.29) is 18.5 Å². The second kappa shape index (κ2) is 12.8. The van der Waals surface area contributed by atoms with Crippen molar-refractivity contribution in [2.75, 3.05) is 0 Å².